The van der Waals surface area contributed by atoms with Gasteiger partial charge in [-0.15, -0.1) is 22.6 Å². The summed E-state index contributed by atoms with van der Waals surface area (Å²) in [5.74, 6) is 2.80. The number of nitrogens with zero attached hydrogens (tertiary/aromatic N) is 6. The van der Waals surface area contributed by atoms with Crippen LogP contribution in [-0.4, -0.2) is 49.4 Å². The average Bonchev–Trinajstić information content (AvgIpc) is 3.46. The third-order valence-electron chi connectivity index (χ3n) is 7.70. The van der Waals surface area contributed by atoms with E-state index in [9.17, 15) is 0 Å². The molecule has 0 unspecified atom stereocenters. The first kappa shape index (κ1) is 27.0. The maximum atomic E-state index is 5.27. The summed E-state index contributed by atoms with van der Waals surface area (Å²) in [6.45, 7) is 7.28. The first-order valence-corrected chi connectivity index (χ1v) is 13.6. The topological polar surface area (TPSA) is 72.9 Å². The summed E-state index contributed by atoms with van der Waals surface area (Å²) in [5.41, 5.74) is 8.09. The van der Waals surface area contributed by atoms with Gasteiger partial charge in [0.05, 0.1) is 5.52 Å². The number of hydrogen-bond acceptors (Lipinski definition) is 6. The summed E-state index contributed by atoms with van der Waals surface area (Å²) in [6.07, 6.45) is 5.37. The van der Waals surface area contributed by atoms with Gasteiger partial charge in [-0.1, -0.05) is 23.4 Å². The van der Waals surface area contributed by atoms with Crippen LogP contribution in [0.4, 0.5) is 0 Å². The minimum absolute atomic E-state index is 0. The van der Waals surface area contributed by atoms with Crippen molar-refractivity contribution in [3.05, 3.63) is 83.0 Å². The van der Waals surface area contributed by atoms with E-state index in [4.69, 9.17) is 4.52 Å². The zero-order valence-electron chi connectivity index (χ0n) is 22.9. The molecule has 0 radical (unpaired) electrons. The number of benzene rings is 2. The molecule has 0 saturated carbocycles. The average molecular weight is 543 g/mol. The second-order valence-electron chi connectivity index (χ2n) is 10.5. The SMILES string of the molecule is Cc1ccc2cc(-c3nnc(CCCCN4CCc5ccc(-c6cc(C)on6)cc5CC4)n3C)ccc2n1.Cl. The van der Waals surface area contributed by atoms with Gasteiger partial charge in [-0.05, 0) is 87.5 Å². The van der Waals surface area contributed by atoms with Crippen LogP contribution in [0, 0.1) is 13.8 Å². The van der Waals surface area contributed by atoms with E-state index in [0.717, 1.165) is 103 Å². The molecule has 0 spiro atoms. The maximum absolute atomic E-state index is 5.27. The smallest absolute Gasteiger partial charge is 0.163 e. The lowest BCUT2D eigenvalue weighted by atomic mass is 9.99. The van der Waals surface area contributed by atoms with Crippen molar-refractivity contribution in [2.24, 2.45) is 7.05 Å². The Bertz CT molecular complexity index is 1590. The lowest BCUT2D eigenvalue weighted by Crippen LogP contribution is -2.27. The van der Waals surface area contributed by atoms with Crippen LogP contribution >= 0.6 is 12.4 Å². The van der Waals surface area contributed by atoms with Crippen LogP contribution in [0.15, 0.2) is 59.1 Å². The summed E-state index contributed by atoms with van der Waals surface area (Å²) in [5, 5.41) is 14.4. The van der Waals surface area contributed by atoms with E-state index in [2.05, 4.69) is 79.3 Å². The van der Waals surface area contributed by atoms with E-state index in [-0.39, 0.29) is 12.4 Å². The number of fused-ring (bicyclic) bond motifs is 2. The quantitative estimate of drug-likeness (QED) is 0.230. The van der Waals surface area contributed by atoms with E-state index < -0.39 is 0 Å². The number of unbranched alkanes of at least 4 members (excludes halogenated alkanes) is 1. The van der Waals surface area contributed by atoms with Gasteiger partial charge in [-0.3, -0.25) is 4.98 Å². The molecule has 0 bridgehead atoms. The molecule has 2 aromatic carbocycles. The fourth-order valence-corrected chi connectivity index (χ4v) is 5.47. The van der Waals surface area contributed by atoms with Gasteiger partial charge >= 0.3 is 0 Å². The van der Waals surface area contributed by atoms with Gasteiger partial charge in [0.1, 0.15) is 17.3 Å². The van der Waals surface area contributed by atoms with Gasteiger partial charge < -0.3 is 14.0 Å². The standard InChI is InChI=1S/C31H34N6O.ClH/c1-21-7-8-25-20-27(11-12-28(25)32-21)31-34-33-30(36(31)3)6-4-5-15-37-16-13-23-9-10-26(19-24(23)14-17-37)29-18-22(2)38-35-29;/h7-12,18-20H,4-6,13-17H2,1-3H3;1H. The van der Waals surface area contributed by atoms with Crippen molar-refractivity contribution in [2.45, 2.75) is 46.0 Å². The predicted molar refractivity (Wildman–Crippen MR) is 157 cm³/mol. The molecule has 0 N–H and O–H groups in total. The number of rotatable bonds is 7. The lowest BCUT2D eigenvalue weighted by Gasteiger charge is -2.19. The van der Waals surface area contributed by atoms with Crippen molar-refractivity contribution >= 4 is 23.3 Å². The Morgan fingerprint density at radius 1 is 0.846 bits per heavy atom. The fraction of sp³-hybridized carbons (Fsp3) is 0.355. The van der Waals surface area contributed by atoms with Crippen molar-refractivity contribution in [3.8, 4) is 22.6 Å². The molecule has 0 fully saturated rings. The number of aromatic nitrogens is 5. The molecule has 39 heavy (non-hydrogen) atoms. The molecule has 1 aliphatic heterocycles. The molecular formula is C31H35ClN6O. The monoisotopic (exact) mass is 542 g/mol. The Morgan fingerprint density at radius 2 is 1.67 bits per heavy atom. The Kier molecular flexibility index (Phi) is 8.10. The largest absolute Gasteiger partial charge is 0.361 e. The highest BCUT2D eigenvalue weighted by molar-refractivity contribution is 5.85. The number of hydrogen-bond donors (Lipinski definition) is 0. The van der Waals surface area contributed by atoms with Gasteiger partial charge in [-0.25, -0.2) is 0 Å². The lowest BCUT2D eigenvalue weighted by molar-refractivity contribution is 0.281. The minimum atomic E-state index is 0. The van der Waals surface area contributed by atoms with Gasteiger partial charge in [-0.2, -0.15) is 0 Å². The van der Waals surface area contributed by atoms with Crippen LogP contribution in [-0.2, 0) is 26.3 Å². The summed E-state index contributed by atoms with van der Waals surface area (Å²) in [4.78, 5) is 7.21. The molecule has 5 aromatic rings. The van der Waals surface area contributed by atoms with Crippen LogP contribution in [0.3, 0.4) is 0 Å². The molecule has 202 valence electrons. The third-order valence-corrected chi connectivity index (χ3v) is 7.70. The second kappa shape index (κ2) is 11.7. The summed E-state index contributed by atoms with van der Waals surface area (Å²) >= 11 is 0. The Labute approximate surface area is 235 Å². The normalized spacial score (nSPS) is 13.7. The maximum Gasteiger partial charge on any atom is 0.163 e. The molecule has 3 aromatic heterocycles. The molecule has 0 aliphatic carbocycles. The van der Waals surface area contributed by atoms with Crippen molar-refractivity contribution in [1.82, 2.24) is 29.8 Å². The van der Waals surface area contributed by atoms with Gasteiger partial charge in [0, 0.05) is 54.8 Å². The van der Waals surface area contributed by atoms with Gasteiger partial charge in [0.15, 0.2) is 5.82 Å². The summed E-state index contributed by atoms with van der Waals surface area (Å²) in [6, 6.07) is 19.2. The van der Waals surface area contributed by atoms with E-state index in [1.807, 2.05) is 26.0 Å². The third kappa shape index (κ3) is 5.89. The molecule has 8 heteroatoms. The van der Waals surface area contributed by atoms with Crippen molar-refractivity contribution in [2.75, 3.05) is 19.6 Å². The summed E-state index contributed by atoms with van der Waals surface area (Å²) in [7, 11) is 2.07. The van der Waals surface area contributed by atoms with E-state index in [1.165, 1.54) is 11.1 Å². The first-order valence-electron chi connectivity index (χ1n) is 13.6. The predicted octanol–water partition coefficient (Wildman–Crippen LogP) is 6.15. The molecule has 1 aliphatic rings. The molecule has 7 nitrogen and oxygen atoms in total. The van der Waals surface area contributed by atoms with Crippen molar-refractivity contribution in [1.29, 1.82) is 0 Å². The van der Waals surface area contributed by atoms with E-state index in [0.29, 0.717) is 0 Å². The second-order valence-corrected chi connectivity index (χ2v) is 10.5. The van der Waals surface area contributed by atoms with Crippen LogP contribution in [0.2, 0.25) is 0 Å². The zero-order valence-corrected chi connectivity index (χ0v) is 23.7. The van der Waals surface area contributed by atoms with Crippen molar-refractivity contribution < 1.29 is 4.52 Å². The van der Waals surface area contributed by atoms with Crippen LogP contribution in [0.5, 0.6) is 0 Å². The minimum Gasteiger partial charge on any atom is -0.361 e. The first-order chi connectivity index (χ1) is 18.5. The fourth-order valence-electron chi connectivity index (χ4n) is 5.47. The number of aryl methyl sites for hydroxylation is 3. The van der Waals surface area contributed by atoms with E-state index >= 15 is 0 Å². The Balaban J connectivity index is 0.00000308. The molecule has 6 rings (SSSR count). The zero-order chi connectivity index (χ0) is 26.1. The Morgan fingerprint density at radius 3 is 2.49 bits per heavy atom. The van der Waals surface area contributed by atoms with Crippen LogP contribution in [0.1, 0.15) is 41.2 Å². The highest BCUT2D eigenvalue weighted by Crippen LogP contribution is 2.26. The van der Waals surface area contributed by atoms with E-state index in [1.54, 1.807) is 0 Å². The molecule has 0 saturated heterocycles. The molecule has 0 atom stereocenters. The summed E-state index contributed by atoms with van der Waals surface area (Å²) < 4.78 is 7.41. The molecule has 0 amide bonds. The van der Waals surface area contributed by atoms with Gasteiger partial charge in [0.2, 0.25) is 0 Å². The number of halogens is 1. The Hall–Kier alpha value is -3.55. The van der Waals surface area contributed by atoms with Crippen molar-refractivity contribution in [3.63, 3.8) is 0 Å². The molecular weight excluding hydrogens is 508 g/mol. The highest BCUT2D eigenvalue weighted by Gasteiger charge is 2.16. The molecule has 4 heterocycles. The van der Waals surface area contributed by atoms with Crippen LogP contribution in [0.25, 0.3) is 33.5 Å². The highest BCUT2D eigenvalue weighted by atomic mass is 35.5. The van der Waals surface area contributed by atoms with Gasteiger partial charge in [0.25, 0.3) is 0 Å². The number of pyridine rings is 1. The van der Waals surface area contributed by atoms with Crippen LogP contribution < -0.4 is 0 Å².